The maximum absolute atomic E-state index is 13.3. The lowest BCUT2D eigenvalue weighted by atomic mass is 9.98. The van der Waals surface area contributed by atoms with E-state index in [1.807, 2.05) is 72.6 Å². The molecule has 0 saturated carbocycles. The first kappa shape index (κ1) is 20.6. The average molecular weight is 424 g/mol. The van der Waals surface area contributed by atoms with Gasteiger partial charge in [-0.2, -0.15) is 0 Å². The zero-order valence-corrected chi connectivity index (χ0v) is 17.8. The quantitative estimate of drug-likeness (QED) is 0.694. The second-order valence-electron chi connectivity index (χ2n) is 8.05. The SMILES string of the molecule is CN(C(=O)c1nc(-c2ccccc2)n(-c2ccccc2)n1)C1CC2CCC(C1)N2.Cl. The van der Waals surface area contributed by atoms with Crippen LogP contribution < -0.4 is 5.32 Å². The Morgan fingerprint density at radius 2 is 1.60 bits per heavy atom. The molecule has 7 heteroatoms. The fourth-order valence-electron chi connectivity index (χ4n) is 4.59. The van der Waals surface area contributed by atoms with Crippen LogP contribution in [-0.4, -0.2) is 50.7 Å². The summed E-state index contributed by atoms with van der Waals surface area (Å²) in [6.07, 6.45) is 4.43. The number of nitrogens with one attached hydrogen (secondary N) is 1. The van der Waals surface area contributed by atoms with Crippen LogP contribution in [0.25, 0.3) is 17.1 Å². The zero-order chi connectivity index (χ0) is 19.8. The molecular weight excluding hydrogens is 398 g/mol. The van der Waals surface area contributed by atoms with Crippen molar-refractivity contribution in [1.82, 2.24) is 25.0 Å². The standard InChI is InChI=1S/C23H25N5O.ClH/c1-27(20-14-17-12-13-18(15-20)24-17)23(29)21-25-22(16-8-4-2-5-9-16)28(26-21)19-10-6-3-7-11-19;/h2-11,17-18,20,24H,12-15H2,1H3;1H. The van der Waals surface area contributed by atoms with Gasteiger partial charge >= 0.3 is 0 Å². The number of carbonyl (C=O) groups excluding carboxylic acids is 1. The fraction of sp³-hybridized carbons (Fsp3) is 0.348. The molecule has 2 atom stereocenters. The second kappa shape index (κ2) is 8.58. The molecule has 1 aromatic heterocycles. The van der Waals surface area contributed by atoms with Crippen molar-refractivity contribution in [3.8, 4) is 17.1 Å². The largest absolute Gasteiger partial charge is 0.336 e. The molecular formula is C23H26ClN5O. The molecule has 30 heavy (non-hydrogen) atoms. The zero-order valence-electron chi connectivity index (χ0n) is 16.9. The maximum Gasteiger partial charge on any atom is 0.293 e. The van der Waals surface area contributed by atoms with E-state index in [0.29, 0.717) is 17.9 Å². The molecule has 6 nitrogen and oxygen atoms in total. The predicted octanol–water partition coefficient (Wildman–Crippen LogP) is 3.71. The van der Waals surface area contributed by atoms with Gasteiger partial charge in [0, 0.05) is 30.7 Å². The number of piperidine rings is 1. The van der Waals surface area contributed by atoms with Gasteiger partial charge in [0.25, 0.3) is 5.91 Å². The first-order valence-electron chi connectivity index (χ1n) is 10.3. The summed E-state index contributed by atoms with van der Waals surface area (Å²) in [5, 5.41) is 8.26. The normalized spacial score (nSPS) is 22.4. The van der Waals surface area contributed by atoms with E-state index < -0.39 is 0 Å². The van der Waals surface area contributed by atoms with Gasteiger partial charge in [0.05, 0.1) is 5.69 Å². The number of aromatic nitrogens is 3. The van der Waals surface area contributed by atoms with Gasteiger partial charge in [0.2, 0.25) is 5.82 Å². The Kier molecular flexibility index (Phi) is 5.88. The minimum absolute atomic E-state index is 0. The molecule has 5 rings (SSSR count). The molecule has 2 unspecified atom stereocenters. The van der Waals surface area contributed by atoms with Gasteiger partial charge in [-0.25, -0.2) is 9.67 Å². The molecule has 2 aliphatic rings. The number of rotatable bonds is 4. The molecule has 2 aromatic carbocycles. The summed E-state index contributed by atoms with van der Waals surface area (Å²) >= 11 is 0. The molecule has 3 aromatic rings. The third-order valence-electron chi connectivity index (χ3n) is 6.15. The fourth-order valence-corrected chi connectivity index (χ4v) is 4.59. The van der Waals surface area contributed by atoms with Crippen LogP contribution in [0.1, 0.15) is 36.3 Å². The summed E-state index contributed by atoms with van der Waals surface area (Å²) in [6, 6.07) is 21.0. The van der Waals surface area contributed by atoms with Gasteiger partial charge < -0.3 is 10.2 Å². The van der Waals surface area contributed by atoms with Gasteiger partial charge in [-0.1, -0.05) is 48.5 Å². The first-order chi connectivity index (χ1) is 14.2. The summed E-state index contributed by atoms with van der Waals surface area (Å²) in [4.78, 5) is 19.8. The van der Waals surface area contributed by atoms with Gasteiger partial charge in [0.1, 0.15) is 0 Å². The lowest BCUT2D eigenvalue weighted by Crippen LogP contribution is -2.48. The Hall–Kier alpha value is -2.70. The Morgan fingerprint density at radius 1 is 1.00 bits per heavy atom. The van der Waals surface area contributed by atoms with Crippen molar-refractivity contribution in [2.24, 2.45) is 0 Å². The Balaban J connectivity index is 0.00000218. The molecule has 2 aliphatic heterocycles. The molecule has 0 aliphatic carbocycles. The average Bonchev–Trinajstić information content (AvgIpc) is 3.37. The van der Waals surface area contributed by atoms with Crippen molar-refractivity contribution in [2.75, 3.05) is 7.05 Å². The summed E-state index contributed by atoms with van der Waals surface area (Å²) < 4.78 is 1.77. The molecule has 3 heterocycles. The number of carbonyl (C=O) groups is 1. The number of benzene rings is 2. The van der Waals surface area contributed by atoms with Gasteiger partial charge in [0.15, 0.2) is 5.82 Å². The second-order valence-corrected chi connectivity index (χ2v) is 8.05. The topological polar surface area (TPSA) is 63.1 Å². The third kappa shape index (κ3) is 3.85. The first-order valence-corrected chi connectivity index (χ1v) is 10.3. The molecule has 2 fully saturated rings. The number of amides is 1. The van der Waals surface area contributed by atoms with Crippen molar-refractivity contribution >= 4 is 18.3 Å². The summed E-state index contributed by atoms with van der Waals surface area (Å²) in [5.74, 6) is 0.822. The van der Waals surface area contributed by atoms with E-state index in [4.69, 9.17) is 0 Å². The van der Waals surface area contributed by atoms with Crippen LogP contribution in [-0.2, 0) is 0 Å². The number of para-hydroxylation sites is 1. The number of halogens is 1. The van der Waals surface area contributed by atoms with E-state index >= 15 is 0 Å². The molecule has 2 saturated heterocycles. The van der Waals surface area contributed by atoms with E-state index in [9.17, 15) is 4.79 Å². The smallest absolute Gasteiger partial charge is 0.293 e. The van der Waals surface area contributed by atoms with Crippen LogP contribution in [0, 0.1) is 0 Å². The van der Waals surface area contributed by atoms with Crippen molar-refractivity contribution in [3.63, 3.8) is 0 Å². The molecule has 1 amide bonds. The van der Waals surface area contributed by atoms with Crippen LogP contribution in [0.5, 0.6) is 0 Å². The molecule has 1 N–H and O–H groups in total. The Bertz CT molecular complexity index is 938. The lowest BCUT2D eigenvalue weighted by Gasteiger charge is -2.35. The minimum Gasteiger partial charge on any atom is -0.336 e. The van der Waals surface area contributed by atoms with E-state index in [0.717, 1.165) is 24.1 Å². The van der Waals surface area contributed by atoms with Crippen LogP contribution >= 0.6 is 12.4 Å². The highest BCUT2D eigenvalue weighted by Crippen LogP contribution is 2.30. The van der Waals surface area contributed by atoms with E-state index in [1.54, 1.807) is 4.68 Å². The molecule has 0 radical (unpaired) electrons. The molecule has 0 spiro atoms. The van der Waals surface area contributed by atoms with Gasteiger partial charge in [-0.3, -0.25) is 4.79 Å². The number of hydrogen-bond acceptors (Lipinski definition) is 4. The summed E-state index contributed by atoms with van der Waals surface area (Å²) in [7, 11) is 1.89. The highest BCUT2D eigenvalue weighted by molar-refractivity contribution is 5.91. The highest BCUT2D eigenvalue weighted by atomic mass is 35.5. The van der Waals surface area contributed by atoms with Gasteiger partial charge in [-0.15, -0.1) is 17.5 Å². The number of hydrogen-bond donors (Lipinski definition) is 1. The number of fused-ring (bicyclic) bond motifs is 2. The van der Waals surface area contributed by atoms with Crippen LogP contribution in [0.15, 0.2) is 60.7 Å². The third-order valence-corrected chi connectivity index (χ3v) is 6.15. The minimum atomic E-state index is -0.108. The highest BCUT2D eigenvalue weighted by Gasteiger charge is 2.37. The van der Waals surface area contributed by atoms with Gasteiger partial charge in [-0.05, 0) is 37.8 Å². The van der Waals surface area contributed by atoms with E-state index in [2.05, 4.69) is 15.4 Å². The number of nitrogens with zero attached hydrogens (tertiary/aromatic N) is 4. The van der Waals surface area contributed by atoms with Crippen LogP contribution in [0.2, 0.25) is 0 Å². The lowest BCUT2D eigenvalue weighted by molar-refractivity contribution is 0.0669. The monoisotopic (exact) mass is 423 g/mol. The predicted molar refractivity (Wildman–Crippen MR) is 119 cm³/mol. The summed E-state index contributed by atoms with van der Waals surface area (Å²) in [6.45, 7) is 0. The Labute approximate surface area is 182 Å². The van der Waals surface area contributed by atoms with Crippen molar-refractivity contribution in [3.05, 3.63) is 66.5 Å². The van der Waals surface area contributed by atoms with Crippen LogP contribution in [0.3, 0.4) is 0 Å². The van der Waals surface area contributed by atoms with E-state index in [1.165, 1.54) is 12.8 Å². The van der Waals surface area contributed by atoms with Crippen molar-refractivity contribution in [1.29, 1.82) is 0 Å². The molecule has 156 valence electrons. The van der Waals surface area contributed by atoms with Crippen LogP contribution in [0.4, 0.5) is 0 Å². The van der Waals surface area contributed by atoms with E-state index in [-0.39, 0.29) is 30.2 Å². The molecule has 2 bridgehead atoms. The summed E-state index contributed by atoms with van der Waals surface area (Å²) in [5.41, 5.74) is 1.82. The van der Waals surface area contributed by atoms with Crippen molar-refractivity contribution in [2.45, 2.75) is 43.8 Å². The maximum atomic E-state index is 13.3. The Morgan fingerprint density at radius 3 is 2.23 bits per heavy atom. The van der Waals surface area contributed by atoms with Crippen molar-refractivity contribution < 1.29 is 4.79 Å².